The Morgan fingerprint density at radius 3 is 2.59 bits per heavy atom. The summed E-state index contributed by atoms with van der Waals surface area (Å²) in [6.45, 7) is 0. The number of hydrogen-bond acceptors (Lipinski definition) is 0. The summed E-state index contributed by atoms with van der Waals surface area (Å²) in [6.07, 6.45) is 8.43. The maximum atomic E-state index is 3.97. The van der Waals surface area contributed by atoms with Crippen molar-refractivity contribution in [3.8, 4) is 0 Å². The zero-order valence-corrected chi connectivity index (χ0v) is 11.7. The quantitative estimate of drug-likeness (QED) is 0.695. The van der Waals surface area contributed by atoms with Crippen LogP contribution in [0.5, 0.6) is 0 Å². The summed E-state index contributed by atoms with van der Waals surface area (Å²) in [7, 11) is 0. The van der Waals surface area contributed by atoms with Crippen LogP contribution in [-0.4, -0.2) is 0 Å². The Hall–Kier alpha value is -0.300. The van der Waals surface area contributed by atoms with Crippen LogP contribution in [0.15, 0.2) is 18.2 Å². The molecule has 3 atom stereocenters. The van der Waals surface area contributed by atoms with E-state index in [1.807, 2.05) is 0 Å². The summed E-state index contributed by atoms with van der Waals surface area (Å²) in [5.41, 5.74) is 4.76. The molecule has 1 aromatic carbocycles. The molecule has 0 aliphatic heterocycles. The molecule has 0 bridgehead atoms. The normalized spacial score (nSPS) is 35.5. The third kappa shape index (κ3) is 1.78. The first-order chi connectivity index (χ1) is 8.31. The average Bonchev–Trinajstić information content (AvgIpc) is 2.82. The molecule has 0 N–H and O–H groups in total. The molecule has 2 saturated carbocycles. The van der Waals surface area contributed by atoms with Crippen LogP contribution in [0.3, 0.4) is 0 Å². The third-order valence-corrected chi connectivity index (χ3v) is 6.41. The number of alkyl halides is 1. The molecule has 0 nitrogen and oxygen atoms in total. The first-order valence-electron chi connectivity index (χ1n) is 7.07. The molecule has 4 rings (SSSR count). The zero-order chi connectivity index (χ0) is 11.4. The van der Waals surface area contributed by atoms with Crippen molar-refractivity contribution in [1.29, 1.82) is 0 Å². The summed E-state index contributed by atoms with van der Waals surface area (Å²) < 4.78 is 0. The second-order valence-electron chi connectivity index (χ2n) is 6.27. The van der Waals surface area contributed by atoms with Crippen molar-refractivity contribution < 1.29 is 0 Å². The van der Waals surface area contributed by atoms with Gasteiger partial charge in [0.1, 0.15) is 0 Å². The van der Waals surface area contributed by atoms with Crippen LogP contribution in [0.4, 0.5) is 0 Å². The fourth-order valence-electron chi connectivity index (χ4n) is 4.04. The molecule has 0 spiro atoms. The van der Waals surface area contributed by atoms with Gasteiger partial charge in [-0.15, -0.1) is 0 Å². The van der Waals surface area contributed by atoms with E-state index in [4.69, 9.17) is 0 Å². The molecule has 17 heavy (non-hydrogen) atoms. The van der Waals surface area contributed by atoms with Gasteiger partial charge in [0.25, 0.3) is 0 Å². The summed E-state index contributed by atoms with van der Waals surface area (Å²) in [4.78, 5) is 0.612. The molecule has 3 aliphatic carbocycles. The lowest BCUT2D eigenvalue weighted by molar-refractivity contribution is 0.481. The van der Waals surface area contributed by atoms with E-state index in [9.17, 15) is 0 Å². The lowest BCUT2D eigenvalue weighted by atomic mass is 9.93. The van der Waals surface area contributed by atoms with E-state index in [0.29, 0.717) is 4.83 Å². The number of halogens is 1. The van der Waals surface area contributed by atoms with Gasteiger partial charge in [0, 0.05) is 4.83 Å². The lowest BCUT2D eigenvalue weighted by Crippen LogP contribution is -2.06. The van der Waals surface area contributed by atoms with Crippen LogP contribution in [0.1, 0.15) is 47.2 Å². The monoisotopic (exact) mass is 290 g/mol. The lowest BCUT2D eigenvalue weighted by Gasteiger charge is -2.20. The van der Waals surface area contributed by atoms with E-state index >= 15 is 0 Å². The molecule has 90 valence electrons. The largest absolute Gasteiger partial charge is 0.0836 e. The summed E-state index contributed by atoms with van der Waals surface area (Å²) in [6, 6.07) is 7.22. The van der Waals surface area contributed by atoms with Gasteiger partial charge in [-0.2, -0.15) is 0 Å². The Labute approximate surface area is 112 Å². The molecule has 3 unspecified atom stereocenters. The van der Waals surface area contributed by atoms with E-state index in [0.717, 1.165) is 17.8 Å². The molecule has 1 heteroatoms. The Kier molecular flexibility index (Phi) is 2.40. The minimum atomic E-state index is 0.612. The highest BCUT2D eigenvalue weighted by Crippen LogP contribution is 2.58. The Morgan fingerprint density at radius 2 is 1.76 bits per heavy atom. The number of hydrogen-bond donors (Lipinski definition) is 0. The average molecular weight is 291 g/mol. The van der Waals surface area contributed by atoms with Crippen LogP contribution in [-0.2, 0) is 12.8 Å². The van der Waals surface area contributed by atoms with Gasteiger partial charge in [-0.1, -0.05) is 34.1 Å². The predicted molar refractivity (Wildman–Crippen MR) is 74.5 cm³/mol. The van der Waals surface area contributed by atoms with Gasteiger partial charge < -0.3 is 0 Å². The summed E-state index contributed by atoms with van der Waals surface area (Å²) in [5, 5.41) is 0. The fraction of sp³-hybridized carbons (Fsp3) is 0.625. The van der Waals surface area contributed by atoms with Gasteiger partial charge in [-0.25, -0.2) is 0 Å². The molecule has 0 heterocycles. The Morgan fingerprint density at radius 1 is 1.00 bits per heavy atom. The van der Waals surface area contributed by atoms with Gasteiger partial charge >= 0.3 is 0 Å². The molecular formula is C16H19Br. The minimum Gasteiger partial charge on any atom is -0.0836 e. The highest BCUT2D eigenvalue weighted by atomic mass is 79.9. The van der Waals surface area contributed by atoms with Crippen LogP contribution in [0.25, 0.3) is 0 Å². The third-order valence-electron chi connectivity index (χ3n) is 5.13. The minimum absolute atomic E-state index is 0.612. The number of benzene rings is 1. The molecule has 0 amide bonds. The van der Waals surface area contributed by atoms with Crippen molar-refractivity contribution in [2.24, 2.45) is 17.8 Å². The van der Waals surface area contributed by atoms with Crippen LogP contribution < -0.4 is 0 Å². The van der Waals surface area contributed by atoms with Crippen molar-refractivity contribution >= 4 is 15.9 Å². The standard InChI is InChI=1S/C16H19Br/c17-16(15-8-13-7-14(13)9-15)12-5-4-10-2-1-3-11(10)6-12/h4-6,13-16H,1-3,7-9H2. The highest BCUT2D eigenvalue weighted by molar-refractivity contribution is 9.09. The molecule has 3 aliphatic rings. The summed E-state index contributed by atoms with van der Waals surface area (Å²) >= 11 is 3.97. The van der Waals surface area contributed by atoms with Gasteiger partial charge in [0.15, 0.2) is 0 Å². The number of rotatable bonds is 2. The number of fused-ring (bicyclic) bond motifs is 2. The van der Waals surface area contributed by atoms with E-state index < -0.39 is 0 Å². The van der Waals surface area contributed by atoms with Gasteiger partial charge in [0.2, 0.25) is 0 Å². The van der Waals surface area contributed by atoms with Crippen LogP contribution in [0.2, 0.25) is 0 Å². The van der Waals surface area contributed by atoms with Crippen molar-refractivity contribution in [1.82, 2.24) is 0 Å². The molecule has 0 aromatic heterocycles. The first kappa shape index (κ1) is 10.6. The predicted octanol–water partition coefficient (Wildman–Crippen LogP) is 4.66. The topological polar surface area (TPSA) is 0 Å². The van der Waals surface area contributed by atoms with Crippen molar-refractivity contribution in [3.05, 3.63) is 34.9 Å². The van der Waals surface area contributed by atoms with Gasteiger partial charge in [-0.3, -0.25) is 0 Å². The molecule has 2 fully saturated rings. The van der Waals surface area contributed by atoms with E-state index in [2.05, 4.69) is 34.1 Å². The molecule has 0 radical (unpaired) electrons. The second kappa shape index (κ2) is 3.85. The van der Waals surface area contributed by atoms with Crippen molar-refractivity contribution in [3.63, 3.8) is 0 Å². The molecule has 1 aromatic rings. The fourth-order valence-corrected chi connectivity index (χ4v) is 4.75. The van der Waals surface area contributed by atoms with Gasteiger partial charge in [-0.05, 0) is 73.0 Å². The highest BCUT2D eigenvalue weighted by Gasteiger charge is 2.47. The maximum absolute atomic E-state index is 3.97. The number of aryl methyl sites for hydroxylation is 2. The summed E-state index contributed by atoms with van der Waals surface area (Å²) in [5.74, 6) is 3.09. The van der Waals surface area contributed by atoms with Gasteiger partial charge in [0.05, 0.1) is 0 Å². The van der Waals surface area contributed by atoms with Crippen molar-refractivity contribution in [2.75, 3.05) is 0 Å². The van der Waals surface area contributed by atoms with E-state index in [-0.39, 0.29) is 0 Å². The SMILES string of the molecule is BrC(c1ccc2c(c1)CCC2)C1CC2CC2C1. The smallest absolute Gasteiger partial charge is 0.0423 e. The van der Waals surface area contributed by atoms with E-state index in [1.54, 1.807) is 11.1 Å². The Balaban J connectivity index is 1.57. The zero-order valence-electron chi connectivity index (χ0n) is 10.2. The van der Waals surface area contributed by atoms with Crippen LogP contribution in [0, 0.1) is 17.8 Å². The van der Waals surface area contributed by atoms with Crippen molar-refractivity contribution in [2.45, 2.75) is 43.4 Å². The maximum Gasteiger partial charge on any atom is 0.0423 e. The first-order valence-corrected chi connectivity index (χ1v) is 7.98. The molecular weight excluding hydrogens is 272 g/mol. The Bertz CT molecular complexity index is 441. The molecule has 0 saturated heterocycles. The van der Waals surface area contributed by atoms with E-state index in [1.165, 1.54) is 44.1 Å². The van der Waals surface area contributed by atoms with Crippen LogP contribution >= 0.6 is 15.9 Å². The second-order valence-corrected chi connectivity index (χ2v) is 7.26.